The number of allylic oxidation sites excluding steroid dienone is 1. The first-order valence-electron chi connectivity index (χ1n) is 13.7. The molecule has 1 aliphatic heterocycles. The fourth-order valence-electron chi connectivity index (χ4n) is 4.73. The lowest BCUT2D eigenvalue weighted by Gasteiger charge is -2.24. The first-order valence-corrected chi connectivity index (χ1v) is 14.9. The van der Waals surface area contributed by atoms with Crippen molar-refractivity contribution in [1.82, 2.24) is 4.57 Å². The minimum Gasteiger partial charge on any atom is -0.497 e. The zero-order valence-corrected chi connectivity index (χ0v) is 25.8. The van der Waals surface area contributed by atoms with Crippen LogP contribution in [-0.2, 0) is 9.53 Å². The van der Waals surface area contributed by atoms with Crippen LogP contribution in [0.1, 0.15) is 36.6 Å². The van der Waals surface area contributed by atoms with E-state index in [1.54, 1.807) is 37.7 Å². The minimum atomic E-state index is -0.682. The Morgan fingerprint density at radius 1 is 0.977 bits per heavy atom. The fraction of sp³-hybridized carbons (Fsp3) is 0.242. The highest BCUT2D eigenvalue weighted by atomic mass is 35.5. The second-order valence-corrected chi connectivity index (χ2v) is 11.2. The highest BCUT2D eigenvalue weighted by Crippen LogP contribution is 2.31. The number of esters is 1. The van der Waals surface area contributed by atoms with Crippen molar-refractivity contribution in [2.24, 2.45) is 4.99 Å². The number of aryl methyl sites for hydroxylation is 1. The van der Waals surface area contributed by atoms with Crippen LogP contribution in [0.15, 0.2) is 87.8 Å². The average molecular weight is 619 g/mol. The first kappa shape index (κ1) is 30.1. The number of hydrogen-bond donors (Lipinski definition) is 0. The lowest BCUT2D eigenvalue weighted by molar-refractivity contribution is -0.139. The molecule has 1 aromatic heterocycles. The molecule has 0 spiro atoms. The van der Waals surface area contributed by atoms with Crippen molar-refractivity contribution in [1.29, 1.82) is 0 Å². The zero-order valence-electron chi connectivity index (χ0n) is 24.3. The van der Waals surface area contributed by atoms with Crippen molar-refractivity contribution in [3.63, 3.8) is 0 Å². The Balaban J connectivity index is 1.37. The number of benzene rings is 3. The number of halogens is 1. The standard InChI is InChI=1S/C33H31ClN2O6S/c1-5-40-32(38)29-21(3)35-33-36(30(29)23-8-12-24(39-4)13-9-23)31(37)28(43-33)19-22-6-10-25(11-7-22)41-16-17-42-26-14-15-27(34)20(2)18-26/h6-15,18-19,30H,5,16-17H2,1-4H3/b28-19-/t30-/m0/s1. The summed E-state index contributed by atoms with van der Waals surface area (Å²) in [5.74, 6) is 1.60. The maximum atomic E-state index is 13.8. The number of carbonyl (C=O) groups is 1. The largest absolute Gasteiger partial charge is 0.497 e. The molecule has 4 aromatic rings. The van der Waals surface area contributed by atoms with Crippen LogP contribution in [-0.4, -0.2) is 37.5 Å². The molecule has 8 nitrogen and oxygen atoms in total. The van der Waals surface area contributed by atoms with E-state index in [1.165, 1.54) is 11.3 Å². The van der Waals surface area contributed by atoms with Crippen molar-refractivity contribution in [3.05, 3.63) is 119 Å². The van der Waals surface area contributed by atoms with Gasteiger partial charge in [-0.15, -0.1) is 0 Å². The highest BCUT2D eigenvalue weighted by Gasteiger charge is 2.33. The Labute approximate surface area is 258 Å². The molecule has 0 radical (unpaired) electrons. The number of carbonyl (C=O) groups excluding carboxylic acids is 1. The lowest BCUT2D eigenvalue weighted by atomic mass is 9.96. The molecule has 1 atom stereocenters. The molecule has 5 rings (SSSR count). The number of thiazole rings is 1. The topological polar surface area (TPSA) is 88.4 Å². The maximum Gasteiger partial charge on any atom is 0.338 e. The van der Waals surface area contributed by atoms with Crippen LogP contribution in [0.25, 0.3) is 6.08 Å². The Kier molecular flexibility index (Phi) is 9.33. The van der Waals surface area contributed by atoms with Gasteiger partial charge in [0.25, 0.3) is 5.56 Å². The quantitative estimate of drug-likeness (QED) is 0.179. The Hall–Kier alpha value is -4.34. The Morgan fingerprint density at radius 2 is 1.63 bits per heavy atom. The highest BCUT2D eigenvalue weighted by molar-refractivity contribution is 7.07. The molecule has 0 saturated heterocycles. The van der Waals surface area contributed by atoms with Gasteiger partial charge in [0.05, 0.1) is 35.6 Å². The van der Waals surface area contributed by atoms with Gasteiger partial charge in [0.2, 0.25) is 0 Å². The summed E-state index contributed by atoms with van der Waals surface area (Å²) in [7, 11) is 1.59. The molecule has 0 N–H and O–H groups in total. The molecular weight excluding hydrogens is 588 g/mol. The lowest BCUT2D eigenvalue weighted by Crippen LogP contribution is -2.39. The number of fused-ring (bicyclic) bond motifs is 1. The van der Waals surface area contributed by atoms with Gasteiger partial charge < -0.3 is 18.9 Å². The molecule has 3 aromatic carbocycles. The van der Waals surface area contributed by atoms with E-state index in [-0.39, 0.29) is 12.2 Å². The van der Waals surface area contributed by atoms with Crippen molar-refractivity contribution >= 4 is 35.0 Å². The number of methoxy groups -OCH3 is 1. The summed E-state index contributed by atoms with van der Waals surface area (Å²) in [5, 5.41) is 0.700. The zero-order chi connectivity index (χ0) is 30.5. The van der Waals surface area contributed by atoms with Crippen LogP contribution in [0.4, 0.5) is 0 Å². The average Bonchev–Trinajstić information content (AvgIpc) is 3.31. The van der Waals surface area contributed by atoms with Gasteiger partial charge >= 0.3 is 5.97 Å². The van der Waals surface area contributed by atoms with E-state index in [1.807, 2.05) is 67.6 Å². The monoisotopic (exact) mass is 618 g/mol. The summed E-state index contributed by atoms with van der Waals surface area (Å²) >= 11 is 7.34. The minimum absolute atomic E-state index is 0.212. The molecule has 0 saturated carbocycles. The summed E-state index contributed by atoms with van der Waals surface area (Å²) in [6.07, 6.45) is 1.81. The van der Waals surface area contributed by atoms with Crippen molar-refractivity contribution in [2.45, 2.75) is 26.8 Å². The number of rotatable bonds is 10. The van der Waals surface area contributed by atoms with Gasteiger partial charge in [0.1, 0.15) is 30.5 Å². The van der Waals surface area contributed by atoms with Gasteiger partial charge in [-0.05, 0) is 86.0 Å². The molecule has 0 amide bonds. The van der Waals surface area contributed by atoms with Gasteiger partial charge in [0.15, 0.2) is 4.80 Å². The predicted octanol–water partition coefficient (Wildman–Crippen LogP) is 5.23. The predicted molar refractivity (Wildman–Crippen MR) is 167 cm³/mol. The smallest absolute Gasteiger partial charge is 0.338 e. The second kappa shape index (κ2) is 13.3. The summed E-state index contributed by atoms with van der Waals surface area (Å²) < 4.78 is 24.3. The van der Waals surface area contributed by atoms with Gasteiger partial charge in [0, 0.05) is 5.02 Å². The Morgan fingerprint density at radius 3 is 2.28 bits per heavy atom. The van der Waals surface area contributed by atoms with E-state index in [0.717, 1.165) is 22.4 Å². The molecule has 0 unspecified atom stereocenters. The van der Waals surface area contributed by atoms with Crippen molar-refractivity contribution < 1.29 is 23.7 Å². The normalized spacial score (nSPS) is 14.6. The van der Waals surface area contributed by atoms with Gasteiger partial charge in [-0.3, -0.25) is 9.36 Å². The van der Waals surface area contributed by atoms with E-state index in [0.29, 0.717) is 50.3 Å². The van der Waals surface area contributed by atoms with E-state index in [4.69, 9.17) is 30.5 Å². The Bertz CT molecular complexity index is 1840. The van der Waals surface area contributed by atoms with E-state index in [2.05, 4.69) is 4.99 Å². The number of aromatic nitrogens is 1. The fourth-order valence-corrected chi connectivity index (χ4v) is 5.89. The molecule has 0 bridgehead atoms. The third-order valence-corrected chi connectivity index (χ3v) is 8.28. The van der Waals surface area contributed by atoms with Crippen LogP contribution >= 0.6 is 22.9 Å². The van der Waals surface area contributed by atoms with Gasteiger partial charge in [-0.1, -0.05) is 47.2 Å². The van der Waals surface area contributed by atoms with Crippen molar-refractivity contribution in [3.8, 4) is 17.2 Å². The van der Waals surface area contributed by atoms with Crippen LogP contribution in [0, 0.1) is 6.92 Å². The third-order valence-electron chi connectivity index (χ3n) is 6.88. The second-order valence-electron chi connectivity index (χ2n) is 9.75. The van der Waals surface area contributed by atoms with Crippen LogP contribution in [0.5, 0.6) is 17.2 Å². The van der Waals surface area contributed by atoms with E-state index >= 15 is 0 Å². The summed E-state index contributed by atoms with van der Waals surface area (Å²) in [5.41, 5.74) is 3.14. The SMILES string of the molecule is CCOC(=O)C1=C(C)N=c2s/c(=C\c3ccc(OCCOc4ccc(Cl)c(C)c4)cc3)c(=O)n2[C@H]1c1ccc(OC)cc1. The summed E-state index contributed by atoms with van der Waals surface area (Å²) in [4.78, 5) is 32.0. The molecule has 1 aliphatic rings. The van der Waals surface area contributed by atoms with Crippen LogP contribution < -0.4 is 29.1 Å². The van der Waals surface area contributed by atoms with E-state index < -0.39 is 12.0 Å². The molecule has 10 heteroatoms. The number of nitrogens with zero attached hydrogens (tertiary/aromatic N) is 2. The molecule has 43 heavy (non-hydrogen) atoms. The van der Waals surface area contributed by atoms with Gasteiger partial charge in [-0.25, -0.2) is 9.79 Å². The summed E-state index contributed by atoms with van der Waals surface area (Å²) in [6.45, 7) is 6.40. The number of ether oxygens (including phenoxy) is 4. The molecule has 0 aliphatic carbocycles. The van der Waals surface area contributed by atoms with Gasteiger partial charge in [-0.2, -0.15) is 0 Å². The van der Waals surface area contributed by atoms with Crippen molar-refractivity contribution in [2.75, 3.05) is 26.9 Å². The van der Waals surface area contributed by atoms with E-state index in [9.17, 15) is 9.59 Å². The molecule has 222 valence electrons. The third kappa shape index (κ3) is 6.68. The first-order chi connectivity index (χ1) is 20.8. The molecule has 2 heterocycles. The summed E-state index contributed by atoms with van der Waals surface area (Å²) in [6, 6.07) is 19.6. The number of hydrogen-bond acceptors (Lipinski definition) is 8. The maximum absolute atomic E-state index is 13.8. The van der Waals surface area contributed by atoms with Crippen LogP contribution in [0.2, 0.25) is 5.02 Å². The molecular formula is C33H31ClN2O6S. The molecule has 0 fully saturated rings. The van der Waals surface area contributed by atoms with Crippen LogP contribution in [0.3, 0.4) is 0 Å².